The number of halogens is 2. The van der Waals surface area contributed by atoms with Gasteiger partial charge in [-0.25, -0.2) is 9.37 Å². The van der Waals surface area contributed by atoms with Crippen molar-refractivity contribution in [1.29, 1.82) is 0 Å². The fraction of sp³-hybridized carbons (Fsp3) is 0.357. The number of nitrogens with one attached hydrogen (secondary N) is 1. The van der Waals surface area contributed by atoms with Crippen LogP contribution in [0.15, 0.2) is 35.1 Å². The summed E-state index contributed by atoms with van der Waals surface area (Å²) in [4.78, 5) is 4.17. The Morgan fingerprint density at radius 2 is 2.40 bits per heavy atom. The van der Waals surface area contributed by atoms with Gasteiger partial charge in [-0.3, -0.25) is 0 Å². The Labute approximate surface area is 120 Å². The van der Waals surface area contributed by atoms with Gasteiger partial charge in [-0.15, -0.1) is 0 Å². The van der Waals surface area contributed by atoms with Gasteiger partial charge in [0, 0.05) is 12.5 Å². The van der Waals surface area contributed by atoms with E-state index in [0.717, 1.165) is 19.5 Å². The van der Waals surface area contributed by atoms with Gasteiger partial charge in [-0.2, -0.15) is 0 Å². The van der Waals surface area contributed by atoms with E-state index in [1.807, 2.05) is 0 Å². The molecule has 0 aliphatic carbocycles. The largest absolute Gasteiger partial charge is 0.479 e. The predicted molar refractivity (Wildman–Crippen MR) is 72.3 cm³/mol. The van der Waals surface area contributed by atoms with E-state index in [1.54, 1.807) is 6.20 Å². The minimum atomic E-state index is -0.391. The van der Waals surface area contributed by atoms with Gasteiger partial charge in [0.05, 0.1) is 11.2 Å². The maximum absolute atomic E-state index is 13.1. The summed E-state index contributed by atoms with van der Waals surface area (Å²) in [5, 5.41) is 3.52. The van der Waals surface area contributed by atoms with E-state index >= 15 is 0 Å². The molecule has 1 aromatic carbocycles. The minimum absolute atomic E-state index is 0.243. The van der Waals surface area contributed by atoms with E-state index in [-0.39, 0.29) is 17.0 Å². The molecule has 1 saturated heterocycles. The fourth-order valence-electron chi connectivity index (χ4n) is 2.37. The van der Waals surface area contributed by atoms with Gasteiger partial charge in [0.25, 0.3) is 0 Å². The molecule has 0 radical (unpaired) electrons. The Morgan fingerprint density at radius 3 is 3.05 bits per heavy atom. The quantitative estimate of drug-likeness (QED) is 0.941. The summed E-state index contributed by atoms with van der Waals surface area (Å²) in [6.45, 7) is 1.76. The molecular formula is C14H14ClFN2O2. The molecule has 2 heterocycles. The zero-order valence-electron chi connectivity index (χ0n) is 10.7. The van der Waals surface area contributed by atoms with Crippen molar-refractivity contribution in [3.05, 3.63) is 47.4 Å². The van der Waals surface area contributed by atoms with Gasteiger partial charge >= 0.3 is 0 Å². The van der Waals surface area contributed by atoms with E-state index in [1.165, 1.54) is 24.5 Å². The first-order chi connectivity index (χ1) is 9.74. The molecule has 1 aliphatic heterocycles. The maximum atomic E-state index is 13.1. The number of hydrogen-bond donors (Lipinski definition) is 1. The molecule has 1 fully saturated rings. The van der Waals surface area contributed by atoms with Crippen LogP contribution in [-0.4, -0.2) is 18.1 Å². The third-order valence-corrected chi connectivity index (χ3v) is 3.66. The molecule has 1 aromatic heterocycles. The normalized spacial score (nSPS) is 20.0. The van der Waals surface area contributed by atoms with Crippen LogP contribution in [0.25, 0.3) is 0 Å². The second-order valence-electron chi connectivity index (χ2n) is 4.74. The van der Waals surface area contributed by atoms with E-state index in [4.69, 9.17) is 20.8 Å². The van der Waals surface area contributed by atoms with Crippen LogP contribution in [-0.2, 0) is 0 Å². The fourth-order valence-corrected chi connectivity index (χ4v) is 2.58. The number of ether oxygens (including phenoxy) is 1. The lowest BCUT2D eigenvalue weighted by molar-refractivity contribution is 0.114. The van der Waals surface area contributed by atoms with Crippen molar-refractivity contribution < 1.29 is 13.5 Å². The van der Waals surface area contributed by atoms with E-state index in [0.29, 0.717) is 11.6 Å². The third kappa shape index (κ3) is 2.78. The smallest absolute Gasteiger partial charge is 0.235 e. The summed E-state index contributed by atoms with van der Waals surface area (Å²) in [5.74, 6) is 0.801. The number of oxazole rings is 1. The highest BCUT2D eigenvalue weighted by Gasteiger charge is 2.31. The lowest BCUT2D eigenvalue weighted by Gasteiger charge is -2.22. The number of nitrogens with zero attached hydrogens (tertiary/aromatic N) is 1. The molecule has 20 heavy (non-hydrogen) atoms. The maximum Gasteiger partial charge on any atom is 0.235 e. The van der Waals surface area contributed by atoms with E-state index in [2.05, 4.69) is 10.3 Å². The molecule has 4 nitrogen and oxygen atoms in total. The lowest BCUT2D eigenvalue weighted by atomic mass is 10.0. The molecule has 0 amide bonds. The predicted octanol–water partition coefficient (Wildman–Crippen LogP) is 3.20. The molecule has 1 N–H and O–H groups in total. The van der Waals surface area contributed by atoms with Gasteiger partial charge in [0.15, 0.2) is 6.10 Å². The molecule has 0 spiro atoms. The summed E-state index contributed by atoms with van der Waals surface area (Å²) in [6, 6.07) is 4.08. The molecule has 3 rings (SSSR count). The second-order valence-corrected chi connectivity index (χ2v) is 5.14. The Kier molecular flexibility index (Phi) is 3.89. The second kappa shape index (κ2) is 5.81. The lowest BCUT2D eigenvalue weighted by Crippen LogP contribution is -2.21. The average molecular weight is 297 g/mol. The average Bonchev–Trinajstić information content (AvgIpc) is 3.11. The number of hydrogen-bond acceptors (Lipinski definition) is 4. The van der Waals surface area contributed by atoms with Gasteiger partial charge in [0.1, 0.15) is 17.8 Å². The highest BCUT2D eigenvalue weighted by molar-refractivity contribution is 6.32. The van der Waals surface area contributed by atoms with Crippen LogP contribution in [0.3, 0.4) is 0 Å². The van der Waals surface area contributed by atoms with E-state index < -0.39 is 5.82 Å². The first-order valence-electron chi connectivity index (χ1n) is 6.46. The Bertz CT molecular complexity index is 571. The van der Waals surface area contributed by atoms with Crippen LogP contribution in [0.1, 0.15) is 18.4 Å². The molecule has 2 aromatic rings. The first kappa shape index (κ1) is 13.4. The highest BCUT2D eigenvalue weighted by atomic mass is 35.5. The van der Waals surface area contributed by atoms with Crippen molar-refractivity contribution in [3.63, 3.8) is 0 Å². The monoisotopic (exact) mass is 296 g/mol. The minimum Gasteiger partial charge on any atom is -0.479 e. The topological polar surface area (TPSA) is 47.3 Å². The van der Waals surface area contributed by atoms with Crippen LogP contribution in [0.5, 0.6) is 5.75 Å². The zero-order valence-corrected chi connectivity index (χ0v) is 11.4. The molecule has 6 heteroatoms. The summed E-state index contributed by atoms with van der Waals surface area (Å²) < 4.78 is 24.4. The summed E-state index contributed by atoms with van der Waals surface area (Å²) in [6.07, 6.45) is 3.73. The Morgan fingerprint density at radius 1 is 1.50 bits per heavy atom. The Balaban J connectivity index is 1.86. The Hall–Kier alpha value is -1.59. The van der Waals surface area contributed by atoms with Crippen LogP contribution < -0.4 is 10.1 Å². The van der Waals surface area contributed by atoms with Crippen LogP contribution in [0.2, 0.25) is 5.02 Å². The van der Waals surface area contributed by atoms with Gasteiger partial charge in [-0.05, 0) is 31.2 Å². The van der Waals surface area contributed by atoms with Crippen LogP contribution in [0, 0.1) is 11.7 Å². The van der Waals surface area contributed by atoms with Gasteiger partial charge in [0.2, 0.25) is 5.89 Å². The molecule has 0 saturated carbocycles. The molecule has 0 bridgehead atoms. The van der Waals surface area contributed by atoms with Crippen LogP contribution >= 0.6 is 11.6 Å². The standard InChI is InChI=1S/C14H14ClFN2O2/c15-11-7-10(16)1-2-12(11)20-13(9-3-4-17-8-9)14-18-5-6-19-14/h1-2,5-7,9,13,17H,3-4,8H2/t9-,13+/m1/s1. The van der Waals surface area contributed by atoms with Gasteiger partial charge < -0.3 is 14.5 Å². The summed E-state index contributed by atoms with van der Waals surface area (Å²) in [7, 11) is 0. The number of rotatable bonds is 4. The molecule has 106 valence electrons. The summed E-state index contributed by atoms with van der Waals surface area (Å²) >= 11 is 6.01. The summed E-state index contributed by atoms with van der Waals surface area (Å²) in [5.41, 5.74) is 0. The van der Waals surface area contributed by atoms with Crippen molar-refractivity contribution in [2.45, 2.75) is 12.5 Å². The number of aromatic nitrogens is 1. The van der Waals surface area contributed by atoms with Crippen molar-refractivity contribution in [2.24, 2.45) is 5.92 Å². The SMILES string of the molecule is Fc1ccc(O[C@H](c2ncco2)[C@@H]2CCNC2)c(Cl)c1. The van der Waals surface area contributed by atoms with Crippen molar-refractivity contribution in [1.82, 2.24) is 10.3 Å². The first-order valence-corrected chi connectivity index (χ1v) is 6.83. The molecular weight excluding hydrogens is 283 g/mol. The van der Waals surface area contributed by atoms with Crippen molar-refractivity contribution >= 4 is 11.6 Å². The van der Waals surface area contributed by atoms with Crippen molar-refractivity contribution in [3.8, 4) is 5.75 Å². The third-order valence-electron chi connectivity index (χ3n) is 3.37. The molecule has 1 aliphatic rings. The highest BCUT2D eigenvalue weighted by Crippen LogP contribution is 2.34. The number of benzene rings is 1. The zero-order chi connectivity index (χ0) is 13.9. The molecule has 0 unspecified atom stereocenters. The van der Waals surface area contributed by atoms with E-state index in [9.17, 15) is 4.39 Å². The van der Waals surface area contributed by atoms with Crippen LogP contribution in [0.4, 0.5) is 4.39 Å². The molecule has 2 atom stereocenters. The van der Waals surface area contributed by atoms with Crippen molar-refractivity contribution in [2.75, 3.05) is 13.1 Å². The van der Waals surface area contributed by atoms with Gasteiger partial charge in [-0.1, -0.05) is 11.6 Å².